The van der Waals surface area contributed by atoms with Crippen molar-refractivity contribution in [2.45, 2.75) is 52.6 Å². The van der Waals surface area contributed by atoms with Crippen LogP contribution in [0.2, 0.25) is 0 Å². The number of amides is 2. The lowest BCUT2D eigenvalue weighted by atomic mass is 9.87. The van der Waals surface area contributed by atoms with Crippen LogP contribution in [-0.2, 0) is 5.41 Å². The largest absolute Gasteiger partial charge is 0.491 e. The number of anilines is 2. The fourth-order valence-corrected chi connectivity index (χ4v) is 3.54. The van der Waals surface area contributed by atoms with Gasteiger partial charge in [-0.1, -0.05) is 45.9 Å². The monoisotopic (exact) mass is 503 g/mol. The third-order valence-corrected chi connectivity index (χ3v) is 5.85. The second-order valence-corrected chi connectivity index (χ2v) is 10.0. The van der Waals surface area contributed by atoms with Gasteiger partial charge >= 0.3 is 0 Å². The summed E-state index contributed by atoms with van der Waals surface area (Å²) in [5.41, 5.74) is 3.58. The molecule has 2 amide bonds. The first-order valence-electron chi connectivity index (χ1n) is 12.0. The molecule has 0 fully saturated rings. The lowest BCUT2D eigenvalue weighted by molar-refractivity contribution is 0.0975. The molecule has 0 aliphatic heterocycles. The van der Waals surface area contributed by atoms with Crippen LogP contribution in [0.4, 0.5) is 11.4 Å². The summed E-state index contributed by atoms with van der Waals surface area (Å²) in [6, 6.07) is 21.7. The number of hydrogen-bond donors (Lipinski definition) is 3. The number of carbonyl (C=O) groups excluding carboxylic acids is 2. The molecule has 6 nitrogen and oxygen atoms in total. The molecular weight excluding hydrogens is 470 g/mol. The summed E-state index contributed by atoms with van der Waals surface area (Å²) < 4.78 is 5.78. The first-order chi connectivity index (χ1) is 17.0. The van der Waals surface area contributed by atoms with Crippen molar-refractivity contribution in [1.29, 1.82) is 0 Å². The predicted octanol–water partition coefficient (Wildman–Crippen LogP) is 6.54. The highest BCUT2D eigenvalue weighted by Crippen LogP contribution is 2.23. The number of carbonyl (C=O) groups is 2. The Morgan fingerprint density at radius 2 is 1.47 bits per heavy atom. The minimum Gasteiger partial charge on any atom is -0.491 e. The molecule has 0 saturated carbocycles. The van der Waals surface area contributed by atoms with Crippen LogP contribution < -0.4 is 20.7 Å². The number of nitrogens with one attached hydrogen (secondary N) is 3. The van der Waals surface area contributed by atoms with E-state index in [4.69, 9.17) is 17.0 Å². The van der Waals surface area contributed by atoms with Crippen LogP contribution in [0.5, 0.6) is 5.75 Å². The molecule has 0 aliphatic carbocycles. The van der Waals surface area contributed by atoms with Crippen molar-refractivity contribution in [1.82, 2.24) is 5.32 Å². The molecule has 3 aromatic rings. The molecule has 0 radical (unpaired) electrons. The third-order valence-electron chi connectivity index (χ3n) is 5.65. The van der Waals surface area contributed by atoms with Gasteiger partial charge in [0.2, 0.25) is 0 Å². The van der Waals surface area contributed by atoms with Gasteiger partial charge in [-0.25, -0.2) is 0 Å². The van der Waals surface area contributed by atoms with E-state index < -0.39 is 0 Å². The average Bonchev–Trinajstić information content (AvgIpc) is 2.84. The van der Waals surface area contributed by atoms with Gasteiger partial charge in [0.05, 0.1) is 6.10 Å². The highest BCUT2D eigenvalue weighted by atomic mass is 32.1. The maximum absolute atomic E-state index is 12.6. The molecule has 3 N–H and O–H groups in total. The van der Waals surface area contributed by atoms with E-state index in [1.165, 1.54) is 5.56 Å². The van der Waals surface area contributed by atoms with E-state index in [9.17, 15) is 9.59 Å². The zero-order valence-corrected chi connectivity index (χ0v) is 22.2. The van der Waals surface area contributed by atoms with Crippen LogP contribution >= 0.6 is 12.2 Å². The van der Waals surface area contributed by atoms with Crippen LogP contribution in [0.1, 0.15) is 67.3 Å². The Morgan fingerprint density at radius 3 is 2.06 bits per heavy atom. The maximum atomic E-state index is 12.6. The van der Waals surface area contributed by atoms with Crippen LogP contribution in [0, 0.1) is 0 Å². The minimum atomic E-state index is -0.330. The highest BCUT2D eigenvalue weighted by molar-refractivity contribution is 7.80. The van der Waals surface area contributed by atoms with Crippen molar-refractivity contribution in [2.24, 2.45) is 0 Å². The van der Waals surface area contributed by atoms with Crippen LogP contribution in [0.3, 0.4) is 0 Å². The fourth-order valence-electron chi connectivity index (χ4n) is 3.33. The zero-order valence-electron chi connectivity index (χ0n) is 21.3. The summed E-state index contributed by atoms with van der Waals surface area (Å²) in [6.45, 7) is 10.4. The lowest BCUT2D eigenvalue weighted by Crippen LogP contribution is -2.34. The summed E-state index contributed by atoms with van der Waals surface area (Å²) in [5, 5.41) is 8.73. The van der Waals surface area contributed by atoms with Crippen molar-refractivity contribution in [3.63, 3.8) is 0 Å². The number of ether oxygens (including phenoxy) is 1. The standard InChI is InChI=1S/C29H33N3O3S/c1-6-19(2)35-25-9-7-8-21(18-25)27(34)32-28(36)31-24-16-14-23(15-17-24)30-26(33)20-10-12-22(13-11-20)29(3,4)5/h7-19H,6H2,1-5H3,(H,30,33)(H2,31,32,34,36). The Morgan fingerprint density at radius 1 is 0.861 bits per heavy atom. The number of rotatable bonds is 7. The number of benzene rings is 3. The van der Waals surface area contributed by atoms with E-state index in [-0.39, 0.29) is 28.4 Å². The molecule has 0 heterocycles. The van der Waals surface area contributed by atoms with E-state index in [0.29, 0.717) is 28.3 Å². The van der Waals surface area contributed by atoms with Gasteiger partial charge in [0, 0.05) is 22.5 Å². The lowest BCUT2D eigenvalue weighted by Gasteiger charge is -2.19. The maximum Gasteiger partial charge on any atom is 0.257 e. The molecule has 3 rings (SSSR count). The van der Waals surface area contributed by atoms with E-state index in [0.717, 1.165) is 6.42 Å². The van der Waals surface area contributed by atoms with Gasteiger partial charge in [-0.15, -0.1) is 0 Å². The first-order valence-corrected chi connectivity index (χ1v) is 12.4. The van der Waals surface area contributed by atoms with Gasteiger partial charge in [-0.3, -0.25) is 14.9 Å². The normalized spacial score (nSPS) is 11.8. The summed E-state index contributed by atoms with van der Waals surface area (Å²) in [6.07, 6.45) is 0.935. The molecule has 188 valence electrons. The molecule has 1 atom stereocenters. The highest BCUT2D eigenvalue weighted by Gasteiger charge is 2.15. The minimum absolute atomic E-state index is 0.0314. The first kappa shape index (κ1) is 26.9. The molecule has 0 saturated heterocycles. The van der Waals surface area contributed by atoms with Crippen molar-refractivity contribution in [3.8, 4) is 5.75 Å². The van der Waals surface area contributed by atoms with Crippen molar-refractivity contribution in [2.75, 3.05) is 10.6 Å². The molecule has 7 heteroatoms. The second-order valence-electron chi connectivity index (χ2n) is 9.63. The summed E-state index contributed by atoms with van der Waals surface area (Å²) in [5.74, 6) is 0.126. The van der Waals surface area contributed by atoms with Gasteiger partial charge in [-0.05, 0) is 91.1 Å². The zero-order chi connectivity index (χ0) is 26.3. The van der Waals surface area contributed by atoms with Gasteiger partial charge < -0.3 is 15.4 Å². The average molecular weight is 504 g/mol. The smallest absolute Gasteiger partial charge is 0.257 e. The molecule has 0 aromatic heterocycles. The Bertz CT molecular complexity index is 1220. The summed E-state index contributed by atoms with van der Waals surface area (Å²) in [7, 11) is 0. The van der Waals surface area contributed by atoms with Gasteiger partial charge in [-0.2, -0.15) is 0 Å². The van der Waals surface area contributed by atoms with E-state index in [2.05, 4.69) is 36.7 Å². The molecule has 0 spiro atoms. The van der Waals surface area contributed by atoms with Crippen LogP contribution in [0.25, 0.3) is 0 Å². The molecule has 0 aliphatic rings. The Balaban J connectivity index is 1.54. The van der Waals surface area contributed by atoms with E-state index in [1.54, 1.807) is 42.5 Å². The third kappa shape index (κ3) is 7.65. The Labute approximate surface area is 218 Å². The topological polar surface area (TPSA) is 79.5 Å². The van der Waals surface area contributed by atoms with Gasteiger partial charge in [0.15, 0.2) is 5.11 Å². The Hall–Kier alpha value is -3.71. The van der Waals surface area contributed by atoms with Crippen molar-refractivity contribution < 1.29 is 14.3 Å². The second kappa shape index (κ2) is 11.8. The summed E-state index contributed by atoms with van der Waals surface area (Å²) >= 11 is 5.29. The molecule has 3 aromatic carbocycles. The van der Waals surface area contributed by atoms with Crippen LogP contribution in [0.15, 0.2) is 72.8 Å². The molecular formula is C29H33N3O3S. The Kier molecular flexibility index (Phi) is 8.83. The number of hydrogen-bond acceptors (Lipinski definition) is 4. The fraction of sp³-hybridized carbons (Fsp3) is 0.276. The summed E-state index contributed by atoms with van der Waals surface area (Å²) in [4.78, 5) is 25.2. The molecule has 1 unspecified atom stereocenters. The quantitative estimate of drug-likeness (QED) is 0.319. The molecule has 36 heavy (non-hydrogen) atoms. The molecule has 0 bridgehead atoms. The van der Waals surface area contributed by atoms with Gasteiger partial charge in [0.25, 0.3) is 11.8 Å². The number of thiocarbonyl (C=S) groups is 1. The van der Waals surface area contributed by atoms with E-state index >= 15 is 0 Å². The SMILES string of the molecule is CCC(C)Oc1cccc(C(=O)NC(=S)Nc2ccc(NC(=O)c3ccc(C(C)(C)C)cc3)cc2)c1. The van der Waals surface area contributed by atoms with Crippen molar-refractivity contribution >= 4 is 40.5 Å². The van der Waals surface area contributed by atoms with E-state index in [1.807, 2.05) is 44.2 Å². The van der Waals surface area contributed by atoms with Crippen LogP contribution in [-0.4, -0.2) is 23.0 Å². The van der Waals surface area contributed by atoms with Gasteiger partial charge in [0.1, 0.15) is 5.75 Å². The van der Waals surface area contributed by atoms with Crippen molar-refractivity contribution in [3.05, 3.63) is 89.5 Å². The predicted molar refractivity (Wildman–Crippen MR) is 150 cm³/mol.